The second-order valence-corrected chi connectivity index (χ2v) is 7.16. The quantitative estimate of drug-likeness (QED) is 0.686. The van der Waals surface area contributed by atoms with Crippen molar-refractivity contribution in [3.8, 4) is 0 Å². The normalized spacial score (nSPS) is 15.9. The molecule has 0 saturated carbocycles. The standard InChI is InChI=1S/C19H25BrN2O2/c1-2-21-19(24)18(23)9-5-6-15-10-12-22(13-11-15)14-16-7-3-4-8-17(16)20/h2-4,7-8,15H,1,5-6,9-14H2,(H,21,24). The Morgan fingerprint density at radius 3 is 2.67 bits per heavy atom. The second-order valence-electron chi connectivity index (χ2n) is 6.30. The molecule has 4 nitrogen and oxygen atoms in total. The number of carbonyl (C=O) groups is 2. The first kappa shape index (κ1) is 18.9. The Labute approximate surface area is 152 Å². The van der Waals surface area contributed by atoms with Crippen molar-refractivity contribution >= 4 is 27.6 Å². The largest absolute Gasteiger partial charge is 0.327 e. The molecular formula is C19H25BrN2O2. The minimum Gasteiger partial charge on any atom is -0.327 e. The van der Waals surface area contributed by atoms with E-state index >= 15 is 0 Å². The second kappa shape index (κ2) is 9.74. The van der Waals surface area contributed by atoms with Gasteiger partial charge in [0.05, 0.1) is 0 Å². The lowest BCUT2D eigenvalue weighted by molar-refractivity contribution is -0.137. The zero-order valence-corrected chi connectivity index (χ0v) is 15.6. The predicted octanol–water partition coefficient (Wildman–Crippen LogP) is 3.66. The fraction of sp³-hybridized carbons (Fsp3) is 0.474. The zero-order chi connectivity index (χ0) is 17.4. The van der Waals surface area contributed by atoms with Crippen LogP contribution in [0.2, 0.25) is 0 Å². The highest BCUT2D eigenvalue weighted by Gasteiger charge is 2.20. The van der Waals surface area contributed by atoms with Crippen molar-refractivity contribution in [1.29, 1.82) is 0 Å². The van der Waals surface area contributed by atoms with E-state index in [2.05, 4.69) is 50.9 Å². The predicted molar refractivity (Wildman–Crippen MR) is 99.3 cm³/mol. The number of carbonyl (C=O) groups excluding carboxylic acids is 2. The summed E-state index contributed by atoms with van der Waals surface area (Å²) in [5.74, 6) is -0.231. The van der Waals surface area contributed by atoms with Gasteiger partial charge in [-0.1, -0.05) is 40.7 Å². The summed E-state index contributed by atoms with van der Waals surface area (Å²) in [7, 11) is 0. The van der Waals surface area contributed by atoms with Gasteiger partial charge in [0.2, 0.25) is 5.78 Å². The molecule has 1 fully saturated rings. The molecule has 2 rings (SSSR count). The van der Waals surface area contributed by atoms with Crippen LogP contribution in [0.3, 0.4) is 0 Å². The van der Waals surface area contributed by atoms with Gasteiger partial charge in [-0.05, 0) is 62.5 Å². The number of likely N-dealkylation sites (tertiary alicyclic amines) is 1. The van der Waals surface area contributed by atoms with E-state index < -0.39 is 5.91 Å². The van der Waals surface area contributed by atoms with E-state index in [1.54, 1.807) is 0 Å². The van der Waals surface area contributed by atoms with Crippen LogP contribution in [0.5, 0.6) is 0 Å². The summed E-state index contributed by atoms with van der Waals surface area (Å²) in [5.41, 5.74) is 1.33. The number of hydrogen-bond acceptors (Lipinski definition) is 3. The summed E-state index contributed by atoms with van der Waals surface area (Å²) < 4.78 is 1.17. The van der Waals surface area contributed by atoms with Crippen molar-refractivity contribution in [3.63, 3.8) is 0 Å². The van der Waals surface area contributed by atoms with E-state index in [1.807, 2.05) is 6.07 Å². The van der Waals surface area contributed by atoms with Gasteiger partial charge in [0.15, 0.2) is 0 Å². The summed E-state index contributed by atoms with van der Waals surface area (Å²) in [4.78, 5) is 25.4. The first-order chi connectivity index (χ1) is 11.6. The van der Waals surface area contributed by atoms with E-state index in [1.165, 1.54) is 16.2 Å². The molecular weight excluding hydrogens is 368 g/mol. The van der Waals surface area contributed by atoms with Crippen LogP contribution in [0.1, 0.15) is 37.7 Å². The van der Waals surface area contributed by atoms with Crippen molar-refractivity contribution in [2.45, 2.75) is 38.6 Å². The van der Waals surface area contributed by atoms with Gasteiger partial charge in [-0.2, -0.15) is 0 Å². The maximum Gasteiger partial charge on any atom is 0.291 e. The van der Waals surface area contributed by atoms with Crippen molar-refractivity contribution in [1.82, 2.24) is 10.2 Å². The molecule has 0 unspecified atom stereocenters. The van der Waals surface area contributed by atoms with Gasteiger partial charge in [0.1, 0.15) is 0 Å². The summed E-state index contributed by atoms with van der Waals surface area (Å²) in [6.45, 7) is 6.56. The summed E-state index contributed by atoms with van der Waals surface area (Å²) >= 11 is 3.61. The Morgan fingerprint density at radius 1 is 1.29 bits per heavy atom. The minimum absolute atomic E-state index is 0.330. The van der Waals surface area contributed by atoms with E-state index in [0.717, 1.165) is 45.3 Å². The summed E-state index contributed by atoms with van der Waals surface area (Å²) in [5, 5.41) is 2.33. The van der Waals surface area contributed by atoms with Crippen molar-refractivity contribution in [2.75, 3.05) is 13.1 Å². The van der Waals surface area contributed by atoms with Gasteiger partial charge in [-0.15, -0.1) is 0 Å². The maximum atomic E-state index is 11.6. The van der Waals surface area contributed by atoms with Gasteiger partial charge in [0, 0.05) is 17.4 Å². The minimum atomic E-state index is -0.548. The topological polar surface area (TPSA) is 49.4 Å². The van der Waals surface area contributed by atoms with E-state index in [4.69, 9.17) is 0 Å². The lowest BCUT2D eigenvalue weighted by Crippen LogP contribution is -2.33. The number of piperidine rings is 1. The Balaban J connectivity index is 1.66. The molecule has 0 bridgehead atoms. The number of nitrogens with one attached hydrogen (secondary N) is 1. The van der Waals surface area contributed by atoms with E-state index in [9.17, 15) is 9.59 Å². The molecule has 1 aliphatic rings. The van der Waals surface area contributed by atoms with Gasteiger partial charge in [0.25, 0.3) is 5.91 Å². The average Bonchev–Trinajstić information content (AvgIpc) is 2.58. The van der Waals surface area contributed by atoms with Gasteiger partial charge < -0.3 is 5.32 Å². The number of halogens is 1. The highest BCUT2D eigenvalue weighted by molar-refractivity contribution is 9.10. The third-order valence-corrected chi connectivity index (χ3v) is 5.34. The number of Topliss-reactive ketones (excluding diaryl/α,β-unsaturated/α-hetero) is 1. The first-order valence-corrected chi connectivity index (χ1v) is 9.30. The first-order valence-electron chi connectivity index (χ1n) is 8.50. The molecule has 1 aliphatic heterocycles. The van der Waals surface area contributed by atoms with Gasteiger partial charge >= 0.3 is 0 Å². The molecule has 5 heteroatoms. The van der Waals surface area contributed by atoms with Crippen LogP contribution >= 0.6 is 15.9 Å². The van der Waals surface area contributed by atoms with Gasteiger partial charge in [-0.25, -0.2) is 0 Å². The SMILES string of the molecule is C=CNC(=O)C(=O)CCCC1CCN(Cc2ccccc2Br)CC1. The molecule has 1 heterocycles. The zero-order valence-electron chi connectivity index (χ0n) is 14.0. The summed E-state index contributed by atoms with van der Waals surface area (Å²) in [6, 6.07) is 8.36. The smallest absolute Gasteiger partial charge is 0.291 e. The number of rotatable bonds is 8. The molecule has 130 valence electrons. The number of benzene rings is 1. The van der Waals surface area contributed by atoms with Crippen molar-refractivity contribution < 1.29 is 9.59 Å². The van der Waals surface area contributed by atoms with Crippen LogP contribution in [-0.4, -0.2) is 29.7 Å². The molecule has 0 radical (unpaired) electrons. The van der Waals surface area contributed by atoms with Crippen LogP contribution < -0.4 is 5.32 Å². The number of ketones is 1. The van der Waals surface area contributed by atoms with Crippen LogP contribution in [0, 0.1) is 5.92 Å². The molecule has 1 aromatic carbocycles. The molecule has 0 aromatic heterocycles. The number of amides is 1. The molecule has 1 N–H and O–H groups in total. The third-order valence-electron chi connectivity index (χ3n) is 4.56. The highest BCUT2D eigenvalue weighted by atomic mass is 79.9. The fourth-order valence-corrected chi connectivity index (χ4v) is 3.55. The maximum absolute atomic E-state index is 11.6. The molecule has 0 spiro atoms. The molecule has 1 amide bonds. The number of hydrogen-bond donors (Lipinski definition) is 1. The Hall–Kier alpha value is -1.46. The average molecular weight is 393 g/mol. The Kier molecular flexibility index (Phi) is 7.66. The van der Waals surface area contributed by atoms with Crippen LogP contribution in [-0.2, 0) is 16.1 Å². The highest BCUT2D eigenvalue weighted by Crippen LogP contribution is 2.25. The lowest BCUT2D eigenvalue weighted by Gasteiger charge is -2.32. The molecule has 1 saturated heterocycles. The molecule has 0 aliphatic carbocycles. The molecule has 0 atom stereocenters. The van der Waals surface area contributed by atoms with Crippen molar-refractivity contribution in [3.05, 3.63) is 47.1 Å². The molecule has 1 aromatic rings. The van der Waals surface area contributed by atoms with Crippen LogP contribution in [0.15, 0.2) is 41.5 Å². The summed E-state index contributed by atoms with van der Waals surface area (Å²) in [6.07, 6.45) is 5.72. The van der Waals surface area contributed by atoms with Crippen LogP contribution in [0.4, 0.5) is 0 Å². The Bertz CT molecular complexity index is 580. The number of nitrogens with zero attached hydrogens (tertiary/aromatic N) is 1. The lowest BCUT2D eigenvalue weighted by atomic mass is 9.91. The molecule has 24 heavy (non-hydrogen) atoms. The fourth-order valence-electron chi connectivity index (χ4n) is 3.14. The monoisotopic (exact) mass is 392 g/mol. The van der Waals surface area contributed by atoms with Crippen LogP contribution in [0.25, 0.3) is 0 Å². The van der Waals surface area contributed by atoms with Gasteiger partial charge in [-0.3, -0.25) is 14.5 Å². The van der Waals surface area contributed by atoms with E-state index in [0.29, 0.717) is 12.3 Å². The third kappa shape index (κ3) is 5.87. The van der Waals surface area contributed by atoms with E-state index in [-0.39, 0.29) is 5.78 Å². The van der Waals surface area contributed by atoms with Crippen molar-refractivity contribution in [2.24, 2.45) is 5.92 Å². The Morgan fingerprint density at radius 2 is 2.00 bits per heavy atom.